The van der Waals surface area contributed by atoms with Crippen molar-refractivity contribution in [3.05, 3.63) is 35.5 Å². The van der Waals surface area contributed by atoms with Crippen molar-refractivity contribution in [2.75, 3.05) is 44.3 Å². The molecular formula is C45H70N6O5S. The van der Waals surface area contributed by atoms with E-state index in [-0.39, 0.29) is 39.8 Å². The Morgan fingerprint density at radius 1 is 0.965 bits per heavy atom. The Kier molecular flexibility index (Phi) is 10.3. The molecule has 2 unspecified atom stereocenters. The lowest BCUT2D eigenvalue weighted by molar-refractivity contribution is -0.221. The summed E-state index contributed by atoms with van der Waals surface area (Å²) in [5.41, 5.74) is 3.96. The number of carbonyl (C=O) groups is 1. The zero-order valence-corrected chi connectivity index (χ0v) is 36.7. The Bertz CT molecular complexity index is 1930. The molecule has 7 aliphatic rings. The van der Waals surface area contributed by atoms with Gasteiger partial charge in [0, 0.05) is 38.8 Å². The number of hydrogen-bond donors (Lipinski definition) is 2. The maximum absolute atomic E-state index is 12.7. The normalized spacial score (nSPS) is 42.4. The van der Waals surface area contributed by atoms with Crippen LogP contribution >= 0.6 is 0 Å². The van der Waals surface area contributed by atoms with Gasteiger partial charge in [0.15, 0.2) is 9.84 Å². The maximum atomic E-state index is 12.7. The number of aliphatic carboxylic acids is 1. The summed E-state index contributed by atoms with van der Waals surface area (Å²) >= 11 is 0. The quantitative estimate of drug-likeness (QED) is 0.237. The first-order valence-electron chi connectivity index (χ1n) is 22.1. The van der Waals surface area contributed by atoms with E-state index in [0.29, 0.717) is 67.0 Å². The first-order chi connectivity index (χ1) is 26.8. The predicted octanol–water partition coefficient (Wildman–Crippen LogP) is 7.04. The third-order valence-corrected chi connectivity index (χ3v) is 20.1. The van der Waals surface area contributed by atoms with Crippen molar-refractivity contribution in [2.45, 2.75) is 124 Å². The number of aromatic nitrogens is 4. The average molecular weight is 807 g/mol. The molecule has 11 nitrogen and oxygen atoms in total. The van der Waals surface area contributed by atoms with Crippen LogP contribution in [0.3, 0.4) is 0 Å². The lowest BCUT2D eigenvalue weighted by Gasteiger charge is -2.72. The summed E-state index contributed by atoms with van der Waals surface area (Å²) < 4.78 is 31.4. The number of tetrazole rings is 1. The number of carboxylic acids is 1. The number of allylic oxidation sites excluding steroid dienone is 5. The van der Waals surface area contributed by atoms with E-state index in [1.807, 2.05) is 0 Å². The lowest BCUT2D eigenvalue weighted by atomic mass is 9.33. The van der Waals surface area contributed by atoms with Crippen LogP contribution in [0.4, 0.5) is 0 Å². The van der Waals surface area contributed by atoms with Crippen molar-refractivity contribution < 1.29 is 23.1 Å². The number of carboxylic acid groups (broad SMARTS) is 1. The van der Waals surface area contributed by atoms with Gasteiger partial charge in [-0.25, -0.2) is 8.42 Å². The largest absolute Gasteiger partial charge is 0.481 e. The Hall–Kier alpha value is -2.57. The molecule has 0 bridgehead atoms. The number of sulfone groups is 1. The zero-order valence-electron chi connectivity index (χ0n) is 35.9. The Morgan fingerprint density at radius 3 is 2.37 bits per heavy atom. The standard InChI is InChI=1S/C45H70N6O5S/c1-30(2)32-13-20-45(46-23-24-51-25-27-57(54,55)28-26-51)22-21-42(6)34(37(32)45)9-10-36-41(5)16-14-33(40(3,4)35(41)15-17-43(36,42)7)31-11-18-44(19-12-31,38(52)53)29-56-39-47-48-49-50(39)8/h11,14,32,34-37,46H,1,9-10,12-13,15-29H2,2-8H3,(H,52,53)/t32?,34-,35+,36-,37-,41+,42-,43-,44?,45+/m1/s1. The first-order valence-corrected chi connectivity index (χ1v) is 23.9. The summed E-state index contributed by atoms with van der Waals surface area (Å²) in [5, 5.41) is 26.0. The van der Waals surface area contributed by atoms with Gasteiger partial charge < -0.3 is 20.1 Å². The van der Waals surface area contributed by atoms with Gasteiger partial charge in [0.2, 0.25) is 0 Å². The molecule has 57 heavy (non-hydrogen) atoms. The molecule has 2 N–H and O–H groups in total. The highest BCUT2D eigenvalue weighted by atomic mass is 32.2. The van der Waals surface area contributed by atoms with Crippen LogP contribution in [0.1, 0.15) is 119 Å². The first kappa shape index (κ1) is 41.2. The molecule has 1 aromatic heterocycles. The third kappa shape index (κ3) is 6.50. The van der Waals surface area contributed by atoms with Gasteiger partial charge in [-0.2, -0.15) is 4.68 Å². The summed E-state index contributed by atoms with van der Waals surface area (Å²) in [6, 6.07) is 0.238. The van der Waals surface area contributed by atoms with Gasteiger partial charge in [0.25, 0.3) is 0 Å². The second kappa shape index (κ2) is 14.3. The van der Waals surface area contributed by atoms with E-state index in [2.05, 4.69) is 86.0 Å². The van der Waals surface area contributed by atoms with E-state index < -0.39 is 21.2 Å². The number of hydrogen-bond acceptors (Lipinski definition) is 9. The van der Waals surface area contributed by atoms with E-state index in [9.17, 15) is 18.3 Å². The molecule has 316 valence electrons. The van der Waals surface area contributed by atoms with Crippen LogP contribution in [0.5, 0.6) is 6.01 Å². The number of fused-ring (bicyclic) bond motifs is 7. The molecule has 4 saturated carbocycles. The Labute approximate surface area is 341 Å². The lowest BCUT2D eigenvalue weighted by Crippen LogP contribution is -2.68. The van der Waals surface area contributed by atoms with Crippen LogP contribution in [-0.2, 0) is 21.7 Å². The van der Waals surface area contributed by atoms with Gasteiger partial charge in [-0.05, 0) is 157 Å². The highest BCUT2D eigenvalue weighted by Crippen LogP contribution is 2.76. The molecule has 0 aromatic carbocycles. The van der Waals surface area contributed by atoms with E-state index in [0.717, 1.165) is 25.9 Å². The van der Waals surface area contributed by atoms with Gasteiger partial charge in [0.05, 0.1) is 11.5 Å². The van der Waals surface area contributed by atoms with Crippen molar-refractivity contribution >= 4 is 15.8 Å². The summed E-state index contributed by atoms with van der Waals surface area (Å²) in [6.45, 7) is 23.1. The van der Waals surface area contributed by atoms with Crippen molar-refractivity contribution in [2.24, 2.45) is 63.7 Å². The molecular weight excluding hydrogens is 737 g/mol. The molecule has 8 rings (SSSR count). The topological polar surface area (TPSA) is 140 Å². The monoisotopic (exact) mass is 807 g/mol. The van der Waals surface area contributed by atoms with Crippen molar-refractivity contribution in [1.29, 1.82) is 0 Å². The highest BCUT2D eigenvalue weighted by molar-refractivity contribution is 7.91. The highest BCUT2D eigenvalue weighted by Gasteiger charge is 2.70. The van der Waals surface area contributed by atoms with Crippen molar-refractivity contribution in [1.82, 2.24) is 30.4 Å². The predicted molar refractivity (Wildman–Crippen MR) is 222 cm³/mol. The van der Waals surface area contributed by atoms with Gasteiger partial charge in [-0.3, -0.25) is 4.79 Å². The molecule has 1 saturated heterocycles. The summed E-state index contributed by atoms with van der Waals surface area (Å²) in [7, 11) is -1.18. The number of nitrogens with zero attached hydrogens (tertiary/aromatic N) is 5. The second-order valence-electron chi connectivity index (χ2n) is 21.2. The molecule has 5 fully saturated rings. The average Bonchev–Trinajstić information content (AvgIpc) is 3.75. The van der Waals surface area contributed by atoms with Crippen molar-refractivity contribution in [3.8, 4) is 6.01 Å². The Morgan fingerprint density at radius 2 is 1.72 bits per heavy atom. The molecule has 6 aliphatic carbocycles. The minimum atomic E-state index is -2.88. The fourth-order valence-corrected chi connectivity index (χ4v) is 16.4. The smallest absolute Gasteiger partial charge is 0.335 e. The number of nitrogens with one attached hydrogen (secondary N) is 1. The van der Waals surface area contributed by atoms with Crippen LogP contribution in [0.2, 0.25) is 0 Å². The van der Waals surface area contributed by atoms with Gasteiger partial charge in [-0.15, -0.1) is 0 Å². The van der Waals surface area contributed by atoms with Crippen LogP contribution < -0.4 is 10.1 Å². The van der Waals surface area contributed by atoms with E-state index in [1.165, 1.54) is 72.8 Å². The maximum Gasteiger partial charge on any atom is 0.335 e. The third-order valence-electron chi connectivity index (χ3n) is 18.5. The van der Waals surface area contributed by atoms with Crippen LogP contribution in [0, 0.1) is 56.7 Å². The van der Waals surface area contributed by atoms with Crippen LogP contribution in [0.15, 0.2) is 35.5 Å². The molecule has 1 aromatic rings. The second-order valence-corrected chi connectivity index (χ2v) is 23.5. The molecule has 0 spiro atoms. The molecule has 1 aliphatic heterocycles. The number of rotatable bonds is 10. The van der Waals surface area contributed by atoms with Crippen molar-refractivity contribution in [3.63, 3.8) is 0 Å². The fraction of sp³-hybridized carbons (Fsp3) is 0.822. The molecule has 12 heteroatoms. The molecule has 0 amide bonds. The Balaban J connectivity index is 1.01. The molecule has 2 heterocycles. The summed E-state index contributed by atoms with van der Waals surface area (Å²) in [4.78, 5) is 15.0. The van der Waals surface area contributed by atoms with Crippen LogP contribution in [0.25, 0.3) is 0 Å². The van der Waals surface area contributed by atoms with E-state index in [1.54, 1.807) is 7.05 Å². The zero-order chi connectivity index (χ0) is 40.8. The van der Waals surface area contributed by atoms with Crippen LogP contribution in [-0.4, -0.2) is 94.4 Å². The van der Waals surface area contributed by atoms with Gasteiger partial charge in [-0.1, -0.05) is 64.0 Å². The van der Waals surface area contributed by atoms with E-state index >= 15 is 0 Å². The summed E-state index contributed by atoms with van der Waals surface area (Å²) in [5.74, 6) is 2.76. The summed E-state index contributed by atoms with van der Waals surface area (Å²) in [6.07, 6.45) is 17.5. The van der Waals surface area contributed by atoms with E-state index in [4.69, 9.17) is 4.74 Å². The minimum Gasteiger partial charge on any atom is -0.481 e. The number of ether oxygens (including phenoxy) is 1. The van der Waals surface area contributed by atoms with Gasteiger partial charge in [0.1, 0.15) is 12.0 Å². The molecule has 0 radical (unpaired) electrons. The van der Waals surface area contributed by atoms with Gasteiger partial charge >= 0.3 is 12.0 Å². The number of aryl methyl sites for hydroxylation is 1. The molecule has 10 atom stereocenters. The fourth-order valence-electron chi connectivity index (χ4n) is 15.1. The minimum absolute atomic E-state index is 0.0113. The SMILES string of the molecule is C=C(C)C1CC[C@]2(NCCN3CCS(=O)(=O)CC3)CC[C@]3(C)[C@H](CC[C@@H]4[C@@]5(C)CC=C(C6=CCC(COc7nnnn7C)(C(=O)O)CC6)C(C)(C)[C@@H]5CC[C@]43C)[C@@H]12.